The summed E-state index contributed by atoms with van der Waals surface area (Å²) in [4.78, 5) is 31.5. The molecule has 26 heavy (non-hydrogen) atoms. The molecule has 1 aromatic heterocycles. The summed E-state index contributed by atoms with van der Waals surface area (Å²) in [5, 5.41) is 6.02. The van der Waals surface area contributed by atoms with Gasteiger partial charge in [-0.05, 0) is 31.4 Å². The van der Waals surface area contributed by atoms with Gasteiger partial charge >= 0.3 is 0 Å². The maximum atomic E-state index is 12.9. The van der Waals surface area contributed by atoms with E-state index < -0.39 is 0 Å². The number of carbonyl (C=O) groups is 2. The molecule has 6 heteroatoms. The second-order valence-corrected chi connectivity index (χ2v) is 7.57. The molecule has 0 radical (unpaired) electrons. The molecule has 1 aromatic carbocycles. The van der Waals surface area contributed by atoms with Crippen molar-refractivity contribution in [3.05, 3.63) is 52.0 Å². The highest BCUT2D eigenvalue weighted by Crippen LogP contribution is 2.38. The third kappa shape index (κ3) is 3.96. The molecule has 2 aromatic rings. The van der Waals surface area contributed by atoms with E-state index in [1.807, 2.05) is 48.4 Å². The van der Waals surface area contributed by atoms with E-state index >= 15 is 0 Å². The number of nitrogens with zero attached hydrogens (tertiary/aromatic N) is 2. The van der Waals surface area contributed by atoms with Gasteiger partial charge in [-0.3, -0.25) is 9.59 Å². The number of likely N-dealkylation sites (tertiary alicyclic amines) is 1. The van der Waals surface area contributed by atoms with E-state index in [1.54, 1.807) is 17.5 Å². The fourth-order valence-corrected chi connectivity index (χ4v) is 4.32. The number of aryl methyl sites for hydroxylation is 1. The third-order valence-electron chi connectivity index (χ3n) is 5.01. The van der Waals surface area contributed by atoms with Crippen LogP contribution in [0.3, 0.4) is 0 Å². The van der Waals surface area contributed by atoms with Gasteiger partial charge in [0.2, 0.25) is 11.8 Å². The Morgan fingerprint density at radius 2 is 2.19 bits per heavy atom. The first kappa shape index (κ1) is 18.6. The number of rotatable bonds is 6. The van der Waals surface area contributed by atoms with Gasteiger partial charge in [0.1, 0.15) is 0 Å². The number of nitrogens with one attached hydrogen (secondary N) is 1. The molecular formula is C20H25N3O2S. The van der Waals surface area contributed by atoms with Gasteiger partial charge in [0.15, 0.2) is 0 Å². The minimum Gasteiger partial charge on any atom is -0.355 e. The normalized spacial score (nSPS) is 20.2. The number of hydrogen-bond acceptors (Lipinski definition) is 4. The number of hydrogen-bond donors (Lipinski definition) is 1. The van der Waals surface area contributed by atoms with Crippen LogP contribution in [0.25, 0.3) is 0 Å². The maximum absolute atomic E-state index is 12.9. The SMILES string of the molecule is CCN1C(=O)CC[C@@H](C(=O)NCCc2nccs2)[C@@H]1c1ccccc1C. The Kier molecular flexibility index (Phi) is 6.04. The third-order valence-corrected chi connectivity index (χ3v) is 5.85. The molecule has 138 valence electrons. The molecule has 0 saturated carbocycles. The van der Waals surface area contributed by atoms with Gasteiger partial charge in [0, 0.05) is 37.5 Å². The van der Waals surface area contributed by atoms with E-state index in [4.69, 9.17) is 0 Å². The smallest absolute Gasteiger partial charge is 0.225 e. The molecule has 2 amide bonds. The highest BCUT2D eigenvalue weighted by Gasteiger charge is 2.40. The minimum atomic E-state index is -0.218. The van der Waals surface area contributed by atoms with Crippen molar-refractivity contribution in [3.63, 3.8) is 0 Å². The zero-order valence-corrected chi connectivity index (χ0v) is 16.1. The molecule has 1 saturated heterocycles. The summed E-state index contributed by atoms with van der Waals surface area (Å²) in [7, 11) is 0. The Balaban J connectivity index is 1.77. The first-order chi connectivity index (χ1) is 12.6. The van der Waals surface area contributed by atoms with Crippen LogP contribution in [0.15, 0.2) is 35.8 Å². The van der Waals surface area contributed by atoms with Crippen molar-refractivity contribution in [1.82, 2.24) is 15.2 Å². The van der Waals surface area contributed by atoms with Gasteiger partial charge in [0.05, 0.1) is 17.0 Å². The minimum absolute atomic E-state index is 0.0285. The van der Waals surface area contributed by atoms with Gasteiger partial charge in [-0.1, -0.05) is 24.3 Å². The van der Waals surface area contributed by atoms with Crippen LogP contribution in [-0.2, 0) is 16.0 Å². The van der Waals surface area contributed by atoms with Gasteiger partial charge in [-0.25, -0.2) is 4.98 Å². The molecule has 0 unspecified atom stereocenters. The van der Waals surface area contributed by atoms with Crippen molar-refractivity contribution in [2.24, 2.45) is 5.92 Å². The van der Waals surface area contributed by atoms with Crippen molar-refractivity contribution in [2.75, 3.05) is 13.1 Å². The van der Waals surface area contributed by atoms with Crippen LogP contribution in [-0.4, -0.2) is 34.8 Å². The molecule has 1 N–H and O–H groups in total. The average molecular weight is 372 g/mol. The summed E-state index contributed by atoms with van der Waals surface area (Å²) >= 11 is 1.60. The Labute approximate surface area is 158 Å². The molecule has 1 fully saturated rings. The monoisotopic (exact) mass is 371 g/mol. The predicted molar refractivity (Wildman–Crippen MR) is 103 cm³/mol. The van der Waals surface area contributed by atoms with Crippen molar-refractivity contribution in [2.45, 2.75) is 39.2 Å². The Hall–Kier alpha value is -2.21. The number of benzene rings is 1. The van der Waals surface area contributed by atoms with Crippen molar-refractivity contribution in [1.29, 1.82) is 0 Å². The summed E-state index contributed by atoms with van der Waals surface area (Å²) in [5.41, 5.74) is 2.19. The topological polar surface area (TPSA) is 62.3 Å². The second-order valence-electron chi connectivity index (χ2n) is 6.59. The molecule has 1 aliphatic heterocycles. The molecule has 2 heterocycles. The highest BCUT2D eigenvalue weighted by molar-refractivity contribution is 7.09. The van der Waals surface area contributed by atoms with Crippen molar-refractivity contribution >= 4 is 23.2 Å². The lowest BCUT2D eigenvalue weighted by atomic mass is 9.82. The molecule has 2 atom stereocenters. The van der Waals surface area contributed by atoms with E-state index in [2.05, 4.69) is 10.3 Å². The number of carbonyl (C=O) groups excluding carboxylic acids is 2. The van der Waals surface area contributed by atoms with Crippen LogP contribution < -0.4 is 5.32 Å². The largest absolute Gasteiger partial charge is 0.355 e. The highest BCUT2D eigenvalue weighted by atomic mass is 32.1. The molecule has 0 spiro atoms. The standard InChI is InChI=1S/C20H25N3O2S/c1-3-23-18(24)9-8-16(19(23)15-7-5-4-6-14(15)2)20(25)22-11-10-17-21-12-13-26-17/h4-7,12-13,16,19H,3,8-11H2,1-2H3,(H,22,25)/t16-,19+/m1/s1. The van der Waals surface area contributed by atoms with E-state index in [0.29, 0.717) is 25.9 Å². The van der Waals surface area contributed by atoms with Crippen LogP contribution in [0.2, 0.25) is 0 Å². The van der Waals surface area contributed by atoms with E-state index in [-0.39, 0.29) is 23.8 Å². The fourth-order valence-electron chi connectivity index (χ4n) is 3.70. The van der Waals surface area contributed by atoms with E-state index in [0.717, 1.165) is 22.6 Å². The van der Waals surface area contributed by atoms with Gasteiger partial charge in [-0.2, -0.15) is 0 Å². The Bertz CT molecular complexity index is 760. The van der Waals surface area contributed by atoms with Crippen molar-refractivity contribution in [3.8, 4) is 0 Å². The summed E-state index contributed by atoms with van der Waals surface area (Å²) in [5.74, 6) is -0.0570. The number of thiazole rings is 1. The maximum Gasteiger partial charge on any atom is 0.225 e. The fraction of sp³-hybridized carbons (Fsp3) is 0.450. The van der Waals surface area contributed by atoms with Crippen LogP contribution in [0.1, 0.15) is 41.9 Å². The Morgan fingerprint density at radius 3 is 2.88 bits per heavy atom. The second kappa shape index (κ2) is 8.45. The number of amides is 2. The summed E-state index contributed by atoms with van der Waals surface area (Å²) in [6.07, 6.45) is 3.54. The molecule has 3 rings (SSSR count). The zero-order chi connectivity index (χ0) is 18.5. The number of piperidine rings is 1. The molecule has 0 bridgehead atoms. The van der Waals surface area contributed by atoms with Crippen LogP contribution in [0, 0.1) is 12.8 Å². The summed E-state index contributed by atoms with van der Waals surface area (Å²) in [6, 6.07) is 7.86. The Morgan fingerprint density at radius 1 is 1.38 bits per heavy atom. The summed E-state index contributed by atoms with van der Waals surface area (Å²) < 4.78 is 0. The van der Waals surface area contributed by atoms with Gasteiger partial charge < -0.3 is 10.2 Å². The lowest BCUT2D eigenvalue weighted by Crippen LogP contribution is -2.48. The summed E-state index contributed by atoms with van der Waals surface area (Å²) in [6.45, 7) is 5.20. The van der Waals surface area contributed by atoms with Crippen molar-refractivity contribution < 1.29 is 9.59 Å². The first-order valence-corrected chi connectivity index (χ1v) is 10.0. The van der Waals surface area contributed by atoms with Gasteiger partial charge in [-0.15, -0.1) is 11.3 Å². The average Bonchev–Trinajstić information content (AvgIpc) is 3.15. The van der Waals surface area contributed by atoms with Crippen LogP contribution in [0.4, 0.5) is 0 Å². The van der Waals surface area contributed by atoms with E-state index in [1.165, 1.54) is 0 Å². The molecular weight excluding hydrogens is 346 g/mol. The van der Waals surface area contributed by atoms with Crippen LogP contribution in [0.5, 0.6) is 0 Å². The lowest BCUT2D eigenvalue weighted by Gasteiger charge is -2.41. The first-order valence-electron chi connectivity index (χ1n) is 9.13. The van der Waals surface area contributed by atoms with E-state index in [9.17, 15) is 9.59 Å². The predicted octanol–water partition coefficient (Wildman–Crippen LogP) is 3.11. The molecule has 1 aliphatic rings. The quantitative estimate of drug-likeness (QED) is 0.849. The molecule has 0 aliphatic carbocycles. The zero-order valence-electron chi connectivity index (χ0n) is 15.3. The van der Waals surface area contributed by atoms with Gasteiger partial charge in [0.25, 0.3) is 0 Å². The molecule has 5 nitrogen and oxygen atoms in total. The number of aromatic nitrogens is 1. The lowest BCUT2D eigenvalue weighted by molar-refractivity contribution is -0.143. The van der Waals surface area contributed by atoms with Crippen LogP contribution >= 0.6 is 11.3 Å².